The number of amides is 1. The Labute approximate surface area is 96.2 Å². The number of hydrogen-bond donors (Lipinski definition) is 2. The zero-order valence-corrected chi connectivity index (χ0v) is 9.94. The summed E-state index contributed by atoms with van der Waals surface area (Å²) in [4.78, 5) is 11.7. The highest BCUT2D eigenvalue weighted by atomic mass is 16.2. The molecule has 1 aromatic heterocycles. The molecule has 0 aliphatic rings. The van der Waals surface area contributed by atoms with Crippen LogP contribution in [0.3, 0.4) is 0 Å². The van der Waals surface area contributed by atoms with E-state index >= 15 is 0 Å². The first-order chi connectivity index (χ1) is 7.75. The van der Waals surface area contributed by atoms with Crippen molar-refractivity contribution in [1.82, 2.24) is 20.4 Å². The van der Waals surface area contributed by atoms with Crippen LogP contribution in [0.1, 0.15) is 26.3 Å². The molecule has 0 fully saturated rings. The first-order valence-electron chi connectivity index (χ1n) is 5.73. The van der Waals surface area contributed by atoms with Crippen LogP contribution in [0, 0.1) is 0 Å². The predicted octanol–water partition coefficient (Wildman–Crippen LogP) is 0.560. The van der Waals surface area contributed by atoms with Gasteiger partial charge in [-0.25, -0.2) is 0 Å². The molecule has 1 heterocycles. The van der Waals surface area contributed by atoms with Crippen molar-refractivity contribution >= 4 is 5.91 Å². The van der Waals surface area contributed by atoms with Crippen molar-refractivity contribution in [2.24, 2.45) is 0 Å². The quantitative estimate of drug-likeness (QED) is 0.665. The Morgan fingerprint density at radius 2 is 2.25 bits per heavy atom. The van der Waals surface area contributed by atoms with Crippen molar-refractivity contribution < 1.29 is 4.79 Å². The largest absolute Gasteiger partial charge is 0.353 e. The number of carbonyl (C=O) groups excluding carboxylic acids is 1. The molecule has 5 nitrogen and oxygen atoms in total. The summed E-state index contributed by atoms with van der Waals surface area (Å²) in [5, 5.41) is 10.1. The summed E-state index contributed by atoms with van der Waals surface area (Å²) in [7, 11) is 0. The molecule has 16 heavy (non-hydrogen) atoms. The molecule has 2 N–H and O–H groups in total. The molecule has 0 saturated carbocycles. The SMILES string of the molecule is CCCNCCNC(=O)C(C)n1cccn1. The van der Waals surface area contributed by atoms with Gasteiger partial charge in [0, 0.05) is 25.5 Å². The maximum atomic E-state index is 11.7. The Bertz CT molecular complexity index is 297. The number of nitrogens with zero attached hydrogens (tertiary/aromatic N) is 2. The number of carbonyl (C=O) groups is 1. The Morgan fingerprint density at radius 3 is 2.88 bits per heavy atom. The highest BCUT2D eigenvalue weighted by molar-refractivity contribution is 5.79. The summed E-state index contributed by atoms with van der Waals surface area (Å²) in [5.41, 5.74) is 0. The summed E-state index contributed by atoms with van der Waals surface area (Å²) in [6.07, 6.45) is 4.57. The highest BCUT2D eigenvalue weighted by Crippen LogP contribution is 2.01. The second-order valence-electron chi connectivity index (χ2n) is 3.70. The molecule has 1 atom stereocenters. The topological polar surface area (TPSA) is 58.9 Å². The summed E-state index contributed by atoms with van der Waals surface area (Å²) < 4.78 is 1.65. The lowest BCUT2D eigenvalue weighted by Crippen LogP contribution is -2.36. The van der Waals surface area contributed by atoms with Crippen LogP contribution in [0.2, 0.25) is 0 Å². The van der Waals surface area contributed by atoms with Crippen LogP contribution in [0.15, 0.2) is 18.5 Å². The fraction of sp³-hybridized carbons (Fsp3) is 0.636. The van der Waals surface area contributed by atoms with Crippen LogP contribution in [0.5, 0.6) is 0 Å². The van der Waals surface area contributed by atoms with Crippen LogP contribution >= 0.6 is 0 Å². The van der Waals surface area contributed by atoms with Crippen molar-refractivity contribution in [3.63, 3.8) is 0 Å². The molecule has 90 valence electrons. The molecule has 0 aromatic carbocycles. The minimum atomic E-state index is -0.249. The number of rotatable bonds is 7. The van der Waals surface area contributed by atoms with Gasteiger partial charge in [-0.15, -0.1) is 0 Å². The van der Waals surface area contributed by atoms with Gasteiger partial charge in [0.2, 0.25) is 5.91 Å². The predicted molar refractivity (Wildman–Crippen MR) is 63.1 cm³/mol. The van der Waals surface area contributed by atoms with Crippen molar-refractivity contribution in [3.05, 3.63) is 18.5 Å². The van der Waals surface area contributed by atoms with Crippen molar-refractivity contribution in [1.29, 1.82) is 0 Å². The minimum Gasteiger partial charge on any atom is -0.353 e. The lowest BCUT2D eigenvalue weighted by molar-refractivity contribution is -0.124. The van der Waals surface area contributed by atoms with E-state index in [9.17, 15) is 4.79 Å². The fourth-order valence-corrected chi connectivity index (χ4v) is 1.35. The van der Waals surface area contributed by atoms with Gasteiger partial charge in [-0.2, -0.15) is 5.10 Å². The first kappa shape index (κ1) is 12.7. The van der Waals surface area contributed by atoms with Gasteiger partial charge in [0.15, 0.2) is 0 Å². The van der Waals surface area contributed by atoms with Gasteiger partial charge < -0.3 is 10.6 Å². The molecule has 0 spiro atoms. The first-order valence-corrected chi connectivity index (χ1v) is 5.73. The van der Waals surface area contributed by atoms with Gasteiger partial charge in [-0.1, -0.05) is 6.92 Å². The van der Waals surface area contributed by atoms with E-state index < -0.39 is 0 Å². The summed E-state index contributed by atoms with van der Waals surface area (Å²) in [5.74, 6) is 0.00185. The summed E-state index contributed by atoms with van der Waals surface area (Å²) >= 11 is 0. The molecule has 0 radical (unpaired) electrons. The van der Waals surface area contributed by atoms with Crippen LogP contribution in [0.25, 0.3) is 0 Å². The van der Waals surface area contributed by atoms with Crippen LogP contribution in [0.4, 0.5) is 0 Å². The van der Waals surface area contributed by atoms with E-state index in [4.69, 9.17) is 0 Å². The van der Waals surface area contributed by atoms with Crippen LogP contribution in [-0.4, -0.2) is 35.3 Å². The molecule has 0 aliphatic heterocycles. The van der Waals surface area contributed by atoms with Crippen molar-refractivity contribution in [3.8, 4) is 0 Å². The van der Waals surface area contributed by atoms with E-state index in [1.54, 1.807) is 17.1 Å². The van der Waals surface area contributed by atoms with Gasteiger partial charge in [0.1, 0.15) is 6.04 Å². The van der Waals surface area contributed by atoms with Crippen molar-refractivity contribution in [2.45, 2.75) is 26.3 Å². The molecular weight excluding hydrogens is 204 g/mol. The molecule has 0 saturated heterocycles. The zero-order chi connectivity index (χ0) is 11.8. The van der Waals surface area contributed by atoms with Gasteiger partial charge in [-0.3, -0.25) is 9.48 Å². The third-order valence-corrected chi connectivity index (χ3v) is 2.33. The van der Waals surface area contributed by atoms with E-state index in [-0.39, 0.29) is 11.9 Å². The maximum absolute atomic E-state index is 11.7. The molecule has 1 amide bonds. The third kappa shape index (κ3) is 4.02. The zero-order valence-electron chi connectivity index (χ0n) is 9.94. The standard InChI is InChI=1S/C11H20N4O/c1-3-5-12-7-8-13-11(16)10(2)15-9-4-6-14-15/h4,6,9-10,12H,3,5,7-8H2,1-2H3,(H,13,16). The Hall–Kier alpha value is -1.36. The monoisotopic (exact) mass is 224 g/mol. The number of aromatic nitrogens is 2. The van der Waals surface area contributed by atoms with Gasteiger partial charge in [-0.05, 0) is 26.0 Å². The van der Waals surface area contributed by atoms with Gasteiger partial charge in [0.25, 0.3) is 0 Å². The molecule has 1 unspecified atom stereocenters. The Balaban J connectivity index is 2.20. The van der Waals surface area contributed by atoms with E-state index in [1.807, 2.05) is 13.0 Å². The fourth-order valence-electron chi connectivity index (χ4n) is 1.35. The molecule has 1 aromatic rings. The second-order valence-corrected chi connectivity index (χ2v) is 3.70. The number of nitrogens with one attached hydrogen (secondary N) is 2. The normalized spacial score (nSPS) is 12.4. The number of hydrogen-bond acceptors (Lipinski definition) is 3. The third-order valence-electron chi connectivity index (χ3n) is 2.33. The lowest BCUT2D eigenvalue weighted by Gasteiger charge is -2.12. The van der Waals surface area contributed by atoms with E-state index in [1.165, 1.54) is 0 Å². The lowest BCUT2D eigenvalue weighted by atomic mass is 10.3. The van der Waals surface area contributed by atoms with Crippen LogP contribution < -0.4 is 10.6 Å². The van der Waals surface area contributed by atoms with Crippen LogP contribution in [-0.2, 0) is 4.79 Å². The molecule has 5 heteroatoms. The van der Waals surface area contributed by atoms with E-state index in [0.29, 0.717) is 6.54 Å². The van der Waals surface area contributed by atoms with Gasteiger partial charge in [0.05, 0.1) is 0 Å². The molecule has 1 rings (SSSR count). The highest BCUT2D eigenvalue weighted by Gasteiger charge is 2.13. The molecular formula is C11H20N4O. The molecule has 0 aliphatic carbocycles. The Kier molecular flexibility index (Phi) is 5.56. The maximum Gasteiger partial charge on any atom is 0.244 e. The van der Waals surface area contributed by atoms with E-state index in [0.717, 1.165) is 19.5 Å². The second kappa shape index (κ2) is 7.00. The van der Waals surface area contributed by atoms with E-state index in [2.05, 4.69) is 22.7 Å². The smallest absolute Gasteiger partial charge is 0.244 e. The van der Waals surface area contributed by atoms with Crippen molar-refractivity contribution in [2.75, 3.05) is 19.6 Å². The average Bonchev–Trinajstić information content (AvgIpc) is 2.81. The average molecular weight is 224 g/mol. The summed E-state index contributed by atoms with van der Waals surface area (Å²) in [6.45, 7) is 6.41. The molecule has 0 bridgehead atoms. The summed E-state index contributed by atoms with van der Waals surface area (Å²) in [6, 6.07) is 1.56. The minimum absolute atomic E-state index is 0.00185. The van der Waals surface area contributed by atoms with Gasteiger partial charge >= 0.3 is 0 Å². The Morgan fingerprint density at radius 1 is 1.44 bits per heavy atom.